The predicted molar refractivity (Wildman–Crippen MR) is 89.3 cm³/mol. The molecule has 23 heavy (non-hydrogen) atoms. The molecule has 2 aliphatic rings. The molecule has 0 radical (unpaired) electrons. The van der Waals surface area contributed by atoms with Crippen molar-refractivity contribution in [3.63, 3.8) is 0 Å². The number of hydrogen-bond acceptors (Lipinski definition) is 3. The Morgan fingerprint density at radius 2 is 2.13 bits per heavy atom. The molecule has 1 saturated heterocycles. The Hall–Kier alpha value is -1.39. The second-order valence-electron chi connectivity index (χ2n) is 7.34. The standard InChI is InChI=1S/C19H27NO3/c1-13-7-8-18(21)16(10-13)17-6-3-9-20(17)12-14-4-2-5-15(11-14)19(22)23/h2,4-5,11,13,16-18,21H,3,6-10,12H2,1H3,(H,22,23). The molecule has 2 fully saturated rings. The third-order valence-electron chi connectivity index (χ3n) is 5.59. The number of nitrogens with zero attached hydrogens (tertiary/aromatic N) is 1. The molecule has 2 N–H and O–H groups in total. The van der Waals surface area contributed by atoms with Crippen LogP contribution in [0.1, 0.15) is 54.9 Å². The molecule has 4 heteroatoms. The summed E-state index contributed by atoms with van der Waals surface area (Å²) in [5, 5.41) is 19.6. The lowest BCUT2D eigenvalue weighted by Crippen LogP contribution is -2.43. The maximum absolute atomic E-state index is 11.1. The van der Waals surface area contributed by atoms with Crippen molar-refractivity contribution in [2.24, 2.45) is 11.8 Å². The first-order valence-electron chi connectivity index (χ1n) is 8.79. The quantitative estimate of drug-likeness (QED) is 0.895. The normalized spacial score (nSPS) is 32.1. The van der Waals surface area contributed by atoms with E-state index in [1.54, 1.807) is 12.1 Å². The fraction of sp³-hybridized carbons (Fsp3) is 0.632. The molecule has 1 aliphatic carbocycles. The van der Waals surface area contributed by atoms with Crippen LogP contribution in [0.15, 0.2) is 24.3 Å². The first-order valence-corrected chi connectivity index (χ1v) is 8.79. The molecule has 4 unspecified atom stereocenters. The monoisotopic (exact) mass is 317 g/mol. The first kappa shape index (κ1) is 16.5. The van der Waals surface area contributed by atoms with Gasteiger partial charge in [-0.05, 0) is 62.3 Å². The lowest BCUT2D eigenvalue weighted by Gasteiger charge is -2.39. The van der Waals surface area contributed by atoms with E-state index in [4.69, 9.17) is 5.11 Å². The summed E-state index contributed by atoms with van der Waals surface area (Å²) >= 11 is 0. The van der Waals surface area contributed by atoms with Gasteiger partial charge in [0.25, 0.3) is 0 Å². The van der Waals surface area contributed by atoms with Gasteiger partial charge < -0.3 is 10.2 Å². The van der Waals surface area contributed by atoms with Crippen LogP contribution in [-0.2, 0) is 6.54 Å². The highest BCUT2D eigenvalue weighted by Gasteiger charge is 2.38. The predicted octanol–water partition coefficient (Wildman–Crippen LogP) is 3.15. The molecule has 0 aromatic heterocycles. The number of aromatic carboxylic acids is 1. The maximum atomic E-state index is 11.1. The van der Waals surface area contributed by atoms with Crippen molar-refractivity contribution in [3.8, 4) is 0 Å². The van der Waals surface area contributed by atoms with Gasteiger partial charge >= 0.3 is 5.97 Å². The molecule has 1 saturated carbocycles. The molecule has 0 amide bonds. The van der Waals surface area contributed by atoms with Crippen molar-refractivity contribution in [3.05, 3.63) is 35.4 Å². The molecule has 3 rings (SSSR count). The highest BCUT2D eigenvalue weighted by Crippen LogP contribution is 2.37. The minimum absolute atomic E-state index is 0.179. The van der Waals surface area contributed by atoms with E-state index in [-0.39, 0.29) is 6.10 Å². The molecule has 1 aromatic rings. The van der Waals surface area contributed by atoms with E-state index in [1.807, 2.05) is 12.1 Å². The molecule has 4 atom stereocenters. The highest BCUT2D eigenvalue weighted by molar-refractivity contribution is 5.87. The lowest BCUT2D eigenvalue weighted by molar-refractivity contribution is 0.00553. The Kier molecular flexibility index (Phi) is 5.02. The number of hydrogen-bond donors (Lipinski definition) is 2. The fourth-order valence-electron chi connectivity index (χ4n) is 4.39. The summed E-state index contributed by atoms with van der Waals surface area (Å²) in [6, 6.07) is 7.67. The summed E-state index contributed by atoms with van der Waals surface area (Å²) in [6.07, 6.45) is 5.29. The van der Waals surface area contributed by atoms with Gasteiger partial charge in [0.1, 0.15) is 0 Å². The van der Waals surface area contributed by atoms with E-state index >= 15 is 0 Å². The van der Waals surface area contributed by atoms with Crippen molar-refractivity contribution in [1.29, 1.82) is 0 Å². The van der Waals surface area contributed by atoms with Crippen molar-refractivity contribution in [2.75, 3.05) is 6.54 Å². The lowest BCUT2D eigenvalue weighted by atomic mass is 9.76. The Balaban J connectivity index is 1.71. The number of benzene rings is 1. The van der Waals surface area contributed by atoms with Gasteiger partial charge in [-0.25, -0.2) is 4.79 Å². The van der Waals surface area contributed by atoms with Crippen LogP contribution in [0.2, 0.25) is 0 Å². The van der Waals surface area contributed by atoms with Crippen molar-refractivity contribution in [2.45, 2.75) is 57.7 Å². The van der Waals surface area contributed by atoms with Gasteiger partial charge in [0.2, 0.25) is 0 Å². The summed E-state index contributed by atoms with van der Waals surface area (Å²) in [5.41, 5.74) is 1.40. The Morgan fingerprint density at radius 1 is 1.30 bits per heavy atom. The van der Waals surface area contributed by atoms with Crippen LogP contribution in [0.4, 0.5) is 0 Å². The van der Waals surface area contributed by atoms with Gasteiger partial charge in [0.15, 0.2) is 0 Å². The zero-order valence-electron chi connectivity index (χ0n) is 13.8. The molecular formula is C19H27NO3. The van der Waals surface area contributed by atoms with E-state index in [9.17, 15) is 9.90 Å². The molecule has 0 bridgehead atoms. The number of aliphatic hydroxyl groups is 1. The van der Waals surface area contributed by atoms with Crippen molar-refractivity contribution < 1.29 is 15.0 Å². The first-order chi connectivity index (χ1) is 11.0. The van der Waals surface area contributed by atoms with Gasteiger partial charge in [0.05, 0.1) is 11.7 Å². The molecule has 1 heterocycles. The van der Waals surface area contributed by atoms with Gasteiger partial charge in [-0.3, -0.25) is 4.90 Å². The number of carboxylic acids is 1. The summed E-state index contributed by atoms with van der Waals surface area (Å²) in [7, 11) is 0. The average Bonchev–Trinajstić information content (AvgIpc) is 2.98. The van der Waals surface area contributed by atoms with E-state index in [1.165, 1.54) is 6.42 Å². The highest BCUT2D eigenvalue weighted by atomic mass is 16.4. The smallest absolute Gasteiger partial charge is 0.335 e. The molecule has 1 aromatic carbocycles. The molecule has 0 spiro atoms. The maximum Gasteiger partial charge on any atom is 0.335 e. The fourth-order valence-corrected chi connectivity index (χ4v) is 4.39. The van der Waals surface area contributed by atoms with Crippen LogP contribution < -0.4 is 0 Å². The molecular weight excluding hydrogens is 290 g/mol. The van der Waals surface area contributed by atoms with Crippen LogP contribution in [0, 0.1) is 11.8 Å². The SMILES string of the molecule is CC1CCC(O)C(C2CCCN2Cc2cccc(C(=O)O)c2)C1. The molecule has 1 aliphatic heterocycles. The van der Waals surface area contributed by atoms with Crippen molar-refractivity contribution in [1.82, 2.24) is 4.90 Å². The van der Waals surface area contributed by atoms with Gasteiger partial charge in [-0.2, -0.15) is 0 Å². The summed E-state index contributed by atoms with van der Waals surface area (Å²) in [4.78, 5) is 13.6. The Bertz CT molecular complexity index is 559. The Labute approximate surface area is 138 Å². The third kappa shape index (κ3) is 3.75. The summed E-state index contributed by atoms with van der Waals surface area (Å²) in [6.45, 7) is 4.11. The van der Waals surface area contributed by atoms with E-state index in [2.05, 4.69) is 11.8 Å². The zero-order valence-corrected chi connectivity index (χ0v) is 13.8. The van der Waals surface area contributed by atoms with Crippen molar-refractivity contribution >= 4 is 5.97 Å². The minimum Gasteiger partial charge on any atom is -0.478 e. The van der Waals surface area contributed by atoms with E-state index < -0.39 is 5.97 Å². The number of rotatable bonds is 4. The third-order valence-corrected chi connectivity index (χ3v) is 5.59. The van der Waals surface area contributed by atoms with Crippen LogP contribution in [-0.4, -0.2) is 39.8 Å². The number of likely N-dealkylation sites (tertiary alicyclic amines) is 1. The van der Waals surface area contributed by atoms with Crippen LogP contribution in [0.25, 0.3) is 0 Å². The minimum atomic E-state index is -0.874. The van der Waals surface area contributed by atoms with Gasteiger partial charge in [-0.1, -0.05) is 19.1 Å². The summed E-state index contributed by atoms with van der Waals surface area (Å²) < 4.78 is 0. The molecule has 126 valence electrons. The second-order valence-corrected chi connectivity index (χ2v) is 7.34. The zero-order chi connectivity index (χ0) is 16.4. The molecule has 4 nitrogen and oxygen atoms in total. The van der Waals surface area contributed by atoms with Crippen LogP contribution >= 0.6 is 0 Å². The number of carboxylic acid groups (broad SMARTS) is 1. The van der Waals surface area contributed by atoms with Crippen LogP contribution in [0.5, 0.6) is 0 Å². The van der Waals surface area contributed by atoms with Gasteiger partial charge in [-0.15, -0.1) is 0 Å². The average molecular weight is 317 g/mol. The topological polar surface area (TPSA) is 60.8 Å². The summed E-state index contributed by atoms with van der Waals surface area (Å²) in [5.74, 6) is 0.187. The second kappa shape index (κ2) is 7.02. The van der Waals surface area contributed by atoms with E-state index in [0.717, 1.165) is 44.3 Å². The largest absolute Gasteiger partial charge is 0.478 e. The van der Waals surface area contributed by atoms with E-state index in [0.29, 0.717) is 23.4 Å². The van der Waals surface area contributed by atoms with Crippen LogP contribution in [0.3, 0.4) is 0 Å². The number of aliphatic hydroxyl groups excluding tert-OH is 1. The van der Waals surface area contributed by atoms with Gasteiger partial charge in [0, 0.05) is 18.5 Å². The Morgan fingerprint density at radius 3 is 2.91 bits per heavy atom. The number of carbonyl (C=O) groups is 1.